The standard InChI is InChI=1S/C11H27N3/c1-4-8-14(9-6-5-7-12)11-10-13(2)3/h4-12H2,1-3H3. The highest BCUT2D eigenvalue weighted by Crippen LogP contribution is 1.96. The van der Waals surface area contributed by atoms with E-state index in [1.165, 1.54) is 32.5 Å². The summed E-state index contributed by atoms with van der Waals surface area (Å²) in [5, 5.41) is 0. The van der Waals surface area contributed by atoms with Gasteiger partial charge in [0.05, 0.1) is 0 Å². The average molecular weight is 201 g/mol. The predicted molar refractivity (Wildman–Crippen MR) is 63.6 cm³/mol. The Balaban J connectivity index is 3.54. The monoisotopic (exact) mass is 201 g/mol. The van der Waals surface area contributed by atoms with E-state index in [1.54, 1.807) is 0 Å². The van der Waals surface area contributed by atoms with Crippen molar-refractivity contribution in [3.63, 3.8) is 0 Å². The van der Waals surface area contributed by atoms with Crippen LogP contribution in [0.4, 0.5) is 0 Å². The number of hydrogen-bond donors (Lipinski definition) is 1. The molecular weight excluding hydrogens is 174 g/mol. The summed E-state index contributed by atoms with van der Waals surface area (Å²) in [7, 11) is 4.26. The summed E-state index contributed by atoms with van der Waals surface area (Å²) in [5.41, 5.74) is 5.48. The second kappa shape index (κ2) is 9.44. The lowest BCUT2D eigenvalue weighted by Gasteiger charge is -2.23. The zero-order valence-electron chi connectivity index (χ0n) is 10.1. The molecule has 0 heterocycles. The highest BCUT2D eigenvalue weighted by molar-refractivity contribution is 4.59. The van der Waals surface area contributed by atoms with Crippen LogP contribution in [0.25, 0.3) is 0 Å². The van der Waals surface area contributed by atoms with Crippen molar-refractivity contribution in [2.45, 2.75) is 26.2 Å². The predicted octanol–water partition coefficient (Wildman–Crippen LogP) is 0.999. The molecule has 0 aliphatic rings. The normalized spacial score (nSPS) is 11.6. The Morgan fingerprint density at radius 3 is 2.14 bits per heavy atom. The van der Waals surface area contributed by atoms with Gasteiger partial charge < -0.3 is 15.5 Å². The number of hydrogen-bond acceptors (Lipinski definition) is 3. The van der Waals surface area contributed by atoms with Crippen molar-refractivity contribution in [2.24, 2.45) is 5.73 Å². The van der Waals surface area contributed by atoms with Gasteiger partial charge in [-0.15, -0.1) is 0 Å². The summed E-state index contributed by atoms with van der Waals surface area (Å²) in [6.45, 7) is 7.84. The molecule has 0 aromatic heterocycles. The second-order valence-electron chi connectivity index (χ2n) is 4.14. The molecule has 0 saturated carbocycles. The van der Waals surface area contributed by atoms with E-state index in [9.17, 15) is 0 Å². The smallest absolute Gasteiger partial charge is 0.0109 e. The summed E-state index contributed by atoms with van der Waals surface area (Å²) >= 11 is 0. The number of nitrogens with two attached hydrogens (primary N) is 1. The Labute approximate surface area is 89.2 Å². The molecule has 0 aromatic carbocycles. The van der Waals surface area contributed by atoms with Crippen LogP contribution in [-0.2, 0) is 0 Å². The maximum atomic E-state index is 5.48. The fourth-order valence-corrected chi connectivity index (χ4v) is 1.47. The van der Waals surface area contributed by atoms with Gasteiger partial charge in [-0.25, -0.2) is 0 Å². The lowest BCUT2D eigenvalue weighted by molar-refractivity contribution is 0.237. The second-order valence-corrected chi connectivity index (χ2v) is 4.14. The van der Waals surface area contributed by atoms with Gasteiger partial charge in [-0.05, 0) is 53.0 Å². The zero-order valence-corrected chi connectivity index (χ0v) is 10.1. The van der Waals surface area contributed by atoms with Crippen molar-refractivity contribution in [3.05, 3.63) is 0 Å². The van der Waals surface area contributed by atoms with Crippen LogP contribution in [0.1, 0.15) is 26.2 Å². The Bertz CT molecular complexity index is 115. The Kier molecular flexibility index (Phi) is 9.35. The third-order valence-electron chi connectivity index (χ3n) is 2.33. The maximum Gasteiger partial charge on any atom is 0.0109 e. The first kappa shape index (κ1) is 13.9. The van der Waals surface area contributed by atoms with Crippen LogP contribution in [0, 0.1) is 0 Å². The molecule has 2 N–H and O–H groups in total. The van der Waals surface area contributed by atoms with Crippen LogP contribution in [-0.4, -0.2) is 56.6 Å². The highest BCUT2D eigenvalue weighted by Gasteiger charge is 2.03. The first-order valence-electron chi connectivity index (χ1n) is 5.77. The summed E-state index contributed by atoms with van der Waals surface area (Å²) in [5.74, 6) is 0. The van der Waals surface area contributed by atoms with E-state index < -0.39 is 0 Å². The van der Waals surface area contributed by atoms with Crippen molar-refractivity contribution >= 4 is 0 Å². The van der Waals surface area contributed by atoms with Gasteiger partial charge >= 0.3 is 0 Å². The minimum Gasteiger partial charge on any atom is -0.330 e. The number of rotatable bonds is 9. The lowest BCUT2D eigenvalue weighted by atomic mass is 10.2. The van der Waals surface area contributed by atoms with Crippen molar-refractivity contribution in [3.8, 4) is 0 Å². The molecule has 0 saturated heterocycles. The molecule has 0 amide bonds. The fraction of sp³-hybridized carbons (Fsp3) is 1.00. The van der Waals surface area contributed by atoms with Crippen LogP contribution in [0.2, 0.25) is 0 Å². The van der Waals surface area contributed by atoms with Gasteiger partial charge in [0.25, 0.3) is 0 Å². The van der Waals surface area contributed by atoms with Gasteiger partial charge in [0.2, 0.25) is 0 Å². The van der Waals surface area contributed by atoms with E-state index in [0.29, 0.717) is 0 Å². The average Bonchev–Trinajstić information content (AvgIpc) is 2.14. The lowest BCUT2D eigenvalue weighted by Crippen LogP contribution is -2.33. The topological polar surface area (TPSA) is 32.5 Å². The third-order valence-corrected chi connectivity index (χ3v) is 2.33. The summed E-state index contributed by atoms with van der Waals surface area (Å²) in [6, 6.07) is 0. The Hall–Kier alpha value is -0.120. The molecule has 0 aliphatic carbocycles. The highest BCUT2D eigenvalue weighted by atomic mass is 15.2. The number of likely N-dealkylation sites (N-methyl/N-ethyl adjacent to an activating group) is 1. The van der Waals surface area contributed by atoms with Gasteiger partial charge in [-0.2, -0.15) is 0 Å². The Morgan fingerprint density at radius 2 is 1.64 bits per heavy atom. The molecule has 3 heteroatoms. The molecule has 86 valence electrons. The van der Waals surface area contributed by atoms with Crippen molar-refractivity contribution < 1.29 is 0 Å². The molecule has 0 rings (SSSR count). The maximum absolute atomic E-state index is 5.48. The van der Waals surface area contributed by atoms with Gasteiger partial charge in [-0.1, -0.05) is 6.92 Å². The molecule has 0 bridgehead atoms. The van der Waals surface area contributed by atoms with Gasteiger partial charge in [0.1, 0.15) is 0 Å². The molecule has 0 fully saturated rings. The Morgan fingerprint density at radius 1 is 0.929 bits per heavy atom. The molecule has 0 radical (unpaired) electrons. The van der Waals surface area contributed by atoms with Crippen LogP contribution in [0.3, 0.4) is 0 Å². The first-order chi connectivity index (χ1) is 6.70. The third kappa shape index (κ3) is 8.48. The SMILES string of the molecule is CCCN(CCCCN)CCN(C)C. The largest absolute Gasteiger partial charge is 0.330 e. The molecule has 0 spiro atoms. The van der Waals surface area contributed by atoms with Gasteiger partial charge in [-0.3, -0.25) is 0 Å². The zero-order chi connectivity index (χ0) is 10.8. The molecular formula is C11H27N3. The van der Waals surface area contributed by atoms with Crippen LogP contribution in [0.5, 0.6) is 0 Å². The van der Waals surface area contributed by atoms with Gasteiger partial charge in [0.15, 0.2) is 0 Å². The van der Waals surface area contributed by atoms with Crippen LogP contribution >= 0.6 is 0 Å². The molecule has 0 aromatic rings. The van der Waals surface area contributed by atoms with Crippen molar-refractivity contribution in [2.75, 3.05) is 46.8 Å². The van der Waals surface area contributed by atoms with Crippen LogP contribution in [0.15, 0.2) is 0 Å². The summed E-state index contributed by atoms with van der Waals surface area (Å²) in [4.78, 5) is 4.78. The minimum atomic E-state index is 0.827. The molecule has 14 heavy (non-hydrogen) atoms. The van der Waals surface area contributed by atoms with E-state index >= 15 is 0 Å². The van der Waals surface area contributed by atoms with E-state index in [2.05, 4.69) is 30.8 Å². The quantitative estimate of drug-likeness (QED) is 0.565. The van der Waals surface area contributed by atoms with Crippen molar-refractivity contribution in [1.82, 2.24) is 9.80 Å². The first-order valence-corrected chi connectivity index (χ1v) is 5.77. The minimum absolute atomic E-state index is 0.827. The molecule has 0 unspecified atom stereocenters. The fourth-order valence-electron chi connectivity index (χ4n) is 1.47. The van der Waals surface area contributed by atoms with Crippen molar-refractivity contribution in [1.29, 1.82) is 0 Å². The van der Waals surface area contributed by atoms with Gasteiger partial charge in [0, 0.05) is 13.1 Å². The molecule has 3 nitrogen and oxygen atoms in total. The number of nitrogens with zero attached hydrogens (tertiary/aromatic N) is 2. The molecule has 0 aliphatic heterocycles. The van der Waals surface area contributed by atoms with Crippen LogP contribution < -0.4 is 5.73 Å². The summed E-state index contributed by atoms with van der Waals surface area (Å²) in [6.07, 6.45) is 3.64. The summed E-state index contributed by atoms with van der Waals surface area (Å²) < 4.78 is 0. The molecule has 0 atom stereocenters. The van der Waals surface area contributed by atoms with E-state index in [1.807, 2.05) is 0 Å². The number of unbranched alkanes of at least 4 members (excludes halogenated alkanes) is 1. The van der Waals surface area contributed by atoms with E-state index in [4.69, 9.17) is 5.73 Å². The van der Waals surface area contributed by atoms with E-state index in [-0.39, 0.29) is 0 Å². The van der Waals surface area contributed by atoms with E-state index in [0.717, 1.165) is 19.5 Å².